The van der Waals surface area contributed by atoms with Crippen molar-refractivity contribution in [2.24, 2.45) is 0 Å². The highest BCUT2D eigenvalue weighted by Gasteiger charge is 2.15. The fourth-order valence-electron chi connectivity index (χ4n) is 2.85. The molecule has 2 aromatic carbocycles. The number of aromatic nitrogens is 2. The third kappa shape index (κ3) is 4.17. The molecule has 0 atom stereocenters. The molecule has 0 fully saturated rings. The standard InChI is InChI=1S/C21H23N3OS/c1-15-9-7-8-10-18(15)13-26-14-20(25)22-21-16(2)23-24(17(21)3)19-11-5-4-6-12-19/h4-12H,13-14H2,1-3H3,(H,22,25). The molecule has 1 amide bonds. The Morgan fingerprint density at radius 1 is 1.04 bits per heavy atom. The van der Waals surface area contributed by atoms with Crippen LogP contribution >= 0.6 is 11.8 Å². The van der Waals surface area contributed by atoms with Crippen molar-refractivity contribution in [1.29, 1.82) is 0 Å². The minimum absolute atomic E-state index is 0.00222. The van der Waals surface area contributed by atoms with Crippen LogP contribution < -0.4 is 5.32 Å². The summed E-state index contributed by atoms with van der Waals surface area (Å²) in [5, 5.41) is 7.59. The van der Waals surface area contributed by atoms with Gasteiger partial charge >= 0.3 is 0 Å². The molecule has 0 bridgehead atoms. The number of benzene rings is 2. The van der Waals surface area contributed by atoms with Crippen molar-refractivity contribution in [3.8, 4) is 5.69 Å². The van der Waals surface area contributed by atoms with Gasteiger partial charge in [0.25, 0.3) is 0 Å². The van der Waals surface area contributed by atoms with E-state index < -0.39 is 0 Å². The zero-order valence-electron chi connectivity index (χ0n) is 15.3. The van der Waals surface area contributed by atoms with Crippen molar-refractivity contribution >= 4 is 23.4 Å². The SMILES string of the molecule is Cc1ccccc1CSCC(=O)Nc1c(C)nn(-c2ccccc2)c1C. The van der Waals surface area contributed by atoms with E-state index in [1.165, 1.54) is 11.1 Å². The highest BCUT2D eigenvalue weighted by molar-refractivity contribution is 7.99. The number of nitrogens with one attached hydrogen (secondary N) is 1. The largest absolute Gasteiger partial charge is 0.322 e. The lowest BCUT2D eigenvalue weighted by molar-refractivity contribution is -0.113. The first-order valence-corrected chi connectivity index (χ1v) is 9.75. The Labute approximate surface area is 158 Å². The van der Waals surface area contributed by atoms with Gasteiger partial charge < -0.3 is 5.32 Å². The first-order valence-electron chi connectivity index (χ1n) is 8.60. The minimum atomic E-state index is 0.00222. The molecule has 0 aliphatic rings. The topological polar surface area (TPSA) is 46.9 Å². The Bertz CT molecular complexity index is 903. The second kappa shape index (κ2) is 8.23. The molecule has 1 heterocycles. The number of nitrogens with zero attached hydrogens (tertiary/aromatic N) is 2. The molecule has 0 aliphatic carbocycles. The Morgan fingerprint density at radius 3 is 2.46 bits per heavy atom. The molecule has 5 heteroatoms. The fraction of sp³-hybridized carbons (Fsp3) is 0.238. The van der Waals surface area contributed by atoms with Crippen molar-refractivity contribution in [3.63, 3.8) is 0 Å². The molecular formula is C21H23N3OS. The Morgan fingerprint density at radius 2 is 1.73 bits per heavy atom. The number of carbonyl (C=O) groups is 1. The van der Waals surface area contributed by atoms with Crippen molar-refractivity contribution in [1.82, 2.24) is 9.78 Å². The van der Waals surface area contributed by atoms with Crippen LogP contribution in [0.15, 0.2) is 54.6 Å². The number of amides is 1. The maximum Gasteiger partial charge on any atom is 0.234 e. The molecule has 0 saturated carbocycles. The van der Waals surface area contributed by atoms with Crippen LogP contribution in [0.1, 0.15) is 22.5 Å². The van der Waals surface area contributed by atoms with E-state index in [9.17, 15) is 4.79 Å². The van der Waals surface area contributed by atoms with E-state index in [2.05, 4.69) is 29.5 Å². The van der Waals surface area contributed by atoms with Crippen LogP contribution in [0, 0.1) is 20.8 Å². The molecule has 26 heavy (non-hydrogen) atoms. The average molecular weight is 366 g/mol. The Kier molecular flexibility index (Phi) is 5.78. The Balaban J connectivity index is 1.63. The molecular weight excluding hydrogens is 342 g/mol. The highest BCUT2D eigenvalue weighted by atomic mass is 32.2. The maximum absolute atomic E-state index is 12.4. The van der Waals surface area contributed by atoms with Crippen molar-refractivity contribution in [2.75, 3.05) is 11.1 Å². The lowest BCUT2D eigenvalue weighted by Gasteiger charge is -2.08. The van der Waals surface area contributed by atoms with Gasteiger partial charge in [-0.15, -0.1) is 11.8 Å². The summed E-state index contributed by atoms with van der Waals surface area (Å²) in [5.41, 5.74) is 6.08. The zero-order valence-corrected chi connectivity index (χ0v) is 16.1. The van der Waals surface area contributed by atoms with Crippen LogP contribution in [0.2, 0.25) is 0 Å². The maximum atomic E-state index is 12.4. The lowest BCUT2D eigenvalue weighted by atomic mass is 10.1. The van der Waals surface area contributed by atoms with E-state index in [0.717, 1.165) is 28.5 Å². The summed E-state index contributed by atoms with van der Waals surface area (Å²) in [4.78, 5) is 12.4. The van der Waals surface area contributed by atoms with Gasteiger partial charge in [-0.25, -0.2) is 4.68 Å². The van der Waals surface area contributed by atoms with Gasteiger partial charge in [-0.05, 0) is 44.0 Å². The number of hydrogen-bond donors (Lipinski definition) is 1. The second-order valence-corrected chi connectivity index (χ2v) is 7.25. The molecule has 3 rings (SSSR count). The molecule has 1 N–H and O–H groups in total. The van der Waals surface area contributed by atoms with Gasteiger partial charge in [0.05, 0.1) is 28.5 Å². The summed E-state index contributed by atoms with van der Waals surface area (Å²) >= 11 is 1.62. The molecule has 1 aromatic heterocycles. The molecule has 0 aliphatic heterocycles. The molecule has 0 unspecified atom stereocenters. The van der Waals surface area contributed by atoms with Gasteiger partial charge in [-0.3, -0.25) is 4.79 Å². The molecule has 0 spiro atoms. The van der Waals surface area contributed by atoms with Crippen molar-refractivity contribution in [3.05, 3.63) is 77.1 Å². The summed E-state index contributed by atoms with van der Waals surface area (Å²) in [6.07, 6.45) is 0. The predicted octanol–water partition coefficient (Wildman–Crippen LogP) is 4.67. The number of carbonyl (C=O) groups excluding carboxylic acids is 1. The second-order valence-electron chi connectivity index (χ2n) is 6.26. The molecule has 0 saturated heterocycles. The zero-order chi connectivity index (χ0) is 18.5. The van der Waals surface area contributed by atoms with Crippen LogP contribution in [-0.2, 0) is 10.5 Å². The highest BCUT2D eigenvalue weighted by Crippen LogP contribution is 2.23. The summed E-state index contributed by atoms with van der Waals surface area (Å²) in [6.45, 7) is 5.99. The number of thioether (sulfide) groups is 1. The van der Waals surface area contributed by atoms with Crippen LogP contribution in [0.5, 0.6) is 0 Å². The van der Waals surface area contributed by atoms with Crippen molar-refractivity contribution < 1.29 is 4.79 Å². The summed E-state index contributed by atoms with van der Waals surface area (Å²) in [7, 11) is 0. The van der Waals surface area contributed by atoms with Crippen LogP contribution in [0.3, 0.4) is 0 Å². The van der Waals surface area contributed by atoms with Gasteiger partial charge in [-0.2, -0.15) is 5.10 Å². The van der Waals surface area contributed by atoms with Crippen LogP contribution in [0.4, 0.5) is 5.69 Å². The number of rotatable bonds is 6. The molecule has 4 nitrogen and oxygen atoms in total. The van der Waals surface area contributed by atoms with E-state index in [-0.39, 0.29) is 5.91 Å². The number of anilines is 1. The van der Waals surface area contributed by atoms with Crippen LogP contribution in [0.25, 0.3) is 5.69 Å². The summed E-state index contributed by atoms with van der Waals surface area (Å²) in [5.74, 6) is 1.26. The fourth-order valence-corrected chi connectivity index (χ4v) is 3.75. The first-order chi connectivity index (χ1) is 12.6. The Hall–Kier alpha value is -2.53. The third-order valence-electron chi connectivity index (χ3n) is 4.31. The van der Waals surface area contributed by atoms with Gasteiger partial charge in [0.2, 0.25) is 5.91 Å². The minimum Gasteiger partial charge on any atom is -0.322 e. The quantitative estimate of drug-likeness (QED) is 0.690. The normalized spacial score (nSPS) is 10.7. The molecule has 0 radical (unpaired) electrons. The van der Waals surface area contributed by atoms with Gasteiger partial charge in [-0.1, -0.05) is 42.5 Å². The molecule has 134 valence electrons. The van der Waals surface area contributed by atoms with Gasteiger partial charge in [0, 0.05) is 5.75 Å². The number of hydrogen-bond acceptors (Lipinski definition) is 3. The lowest BCUT2D eigenvalue weighted by Crippen LogP contribution is -2.15. The van der Waals surface area contributed by atoms with E-state index in [0.29, 0.717) is 5.75 Å². The predicted molar refractivity (Wildman–Crippen MR) is 109 cm³/mol. The van der Waals surface area contributed by atoms with Crippen molar-refractivity contribution in [2.45, 2.75) is 26.5 Å². The van der Waals surface area contributed by atoms with Gasteiger partial charge in [0.15, 0.2) is 0 Å². The van der Waals surface area contributed by atoms with E-state index in [1.807, 2.05) is 61.0 Å². The summed E-state index contributed by atoms with van der Waals surface area (Å²) in [6, 6.07) is 18.2. The van der Waals surface area contributed by atoms with Gasteiger partial charge in [0.1, 0.15) is 0 Å². The van der Waals surface area contributed by atoms with E-state index in [4.69, 9.17) is 0 Å². The average Bonchev–Trinajstić information content (AvgIpc) is 2.92. The third-order valence-corrected chi connectivity index (χ3v) is 5.29. The smallest absolute Gasteiger partial charge is 0.234 e. The molecule has 3 aromatic rings. The monoisotopic (exact) mass is 365 g/mol. The number of aryl methyl sites for hydroxylation is 2. The number of para-hydroxylation sites is 1. The van der Waals surface area contributed by atoms with Crippen LogP contribution in [-0.4, -0.2) is 21.4 Å². The van der Waals surface area contributed by atoms with E-state index >= 15 is 0 Å². The van der Waals surface area contributed by atoms with E-state index in [1.54, 1.807) is 11.8 Å². The first kappa shape index (κ1) is 18.3. The summed E-state index contributed by atoms with van der Waals surface area (Å²) < 4.78 is 1.87.